The standard InChI is InChI=1S/C16H16N4O/c1-17-16(14-8-9-15(21-2)20-19-14)12-5-3-7-13-11(12)6-4-10-18-13/h3-10,16-17H,1-2H3. The molecule has 1 N–H and O–H groups in total. The summed E-state index contributed by atoms with van der Waals surface area (Å²) in [6.45, 7) is 0. The molecule has 0 aliphatic carbocycles. The fourth-order valence-corrected chi connectivity index (χ4v) is 2.43. The van der Waals surface area contributed by atoms with Gasteiger partial charge in [0.2, 0.25) is 5.88 Å². The van der Waals surface area contributed by atoms with E-state index in [4.69, 9.17) is 4.74 Å². The lowest BCUT2D eigenvalue weighted by atomic mass is 9.99. The fraction of sp³-hybridized carbons (Fsp3) is 0.188. The van der Waals surface area contributed by atoms with Crippen molar-refractivity contribution in [1.29, 1.82) is 0 Å². The van der Waals surface area contributed by atoms with E-state index in [-0.39, 0.29) is 6.04 Å². The molecule has 0 spiro atoms. The first-order valence-electron chi connectivity index (χ1n) is 6.72. The summed E-state index contributed by atoms with van der Waals surface area (Å²) in [5.41, 5.74) is 2.94. The molecule has 0 aliphatic heterocycles. The van der Waals surface area contributed by atoms with Gasteiger partial charge < -0.3 is 10.1 Å². The minimum absolute atomic E-state index is 0.0451. The molecule has 21 heavy (non-hydrogen) atoms. The van der Waals surface area contributed by atoms with E-state index in [0.717, 1.165) is 22.2 Å². The number of ether oxygens (including phenoxy) is 1. The molecule has 0 saturated carbocycles. The summed E-state index contributed by atoms with van der Waals surface area (Å²) in [5, 5.41) is 12.7. The van der Waals surface area contributed by atoms with E-state index < -0.39 is 0 Å². The monoisotopic (exact) mass is 280 g/mol. The fourth-order valence-electron chi connectivity index (χ4n) is 2.43. The Hall–Kier alpha value is -2.53. The first-order valence-corrected chi connectivity index (χ1v) is 6.72. The number of fused-ring (bicyclic) bond motifs is 1. The molecule has 106 valence electrons. The zero-order valence-corrected chi connectivity index (χ0v) is 11.9. The topological polar surface area (TPSA) is 59.9 Å². The van der Waals surface area contributed by atoms with Crippen molar-refractivity contribution in [2.45, 2.75) is 6.04 Å². The Morgan fingerprint density at radius 3 is 2.67 bits per heavy atom. The Balaban J connectivity index is 2.09. The maximum absolute atomic E-state index is 5.05. The Labute approximate surface area is 123 Å². The van der Waals surface area contributed by atoms with Crippen molar-refractivity contribution >= 4 is 10.9 Å². The van der Waals surface area contributed by atoms with Crippen LogP contribution in [0.5, 0.6) is 5.88 Å². The number of benzene rings is 1. The van der Waals surface area contributed by atoms with E-state index in [2.05, 4.69) is 32.6 Å². The minimum Gasteiger partial charge on any atom is -0.480 e. The van der Waals surface area contributed by atoms with E-state index in [1.165, 1.54) is 0 Å². The highest BCUT2D eigenvalue weighted by molar-refractivity contribution is 5.82. The number of methoxy groups -OCH3 is 1. The van der Waals surface area contributed by atoms with Crippen LogP contribution in [0, 0.1) is 0 Å². The Morgan fingerprint density at radius 1 is 1.05 bits per heavy atom. The molecule has 3 rings (SSSR count). The highest BCUT2D eigenvalue weighted by Crippen LogP contribution is 2.27. The highest BCUT2D eigenvalue weighted by Gasteiger charge is 2.16. The average Bonchev–Trinajstić information content (AvgIpc) is 2.56. The van der Waals surface area contributed by atoms with Crippen molar-refractivity contribution < 1.29 is 4.74 Å². The van der Waals surface area contributed by atoms with Gasteiger partial charge in [0.05, 0.1) is 24.4 Å². The predicted molar refractivity (Wildman–Crippen MR) is 81.2 cm³/mol. The Kier molecular flexibility index (Phi) is 3.75. The second-order valence-electron chi connectivity index (χ2n) is 4.64. The molecule has 1 aromatic carbocycles. The van der Waals surface area contributed by atoms with Gasteiger partial charge in [-0.1, -0.05) is 18.2 Å². The van der Waals surface area contributed by atoms with Gasteiger partial charge in [-0.15, -0.1) is 10.2 Å². The van der Waals surface area contributed by atoms with Gasteiger partial charge in [-0.05, 0) is 30.8 Å². The molecule has 5 heteroatoms. The molecule has 0 radical (unpaired) electrons. The van der Waals surface area contributed by atoms with E-state index in [1.807, 2.05) is 37.4 Å². The van der Waals surface area contributed by atoms with Crippen LogP contribution in [0.4, 0.5) is 0 Å². The normalized spacial score (nSPS) is 12.3. The van der Waals surface area contributed by atoms with Crippen LogP contribution in [0.3, 0.4) is 0 Å². The third kappa shape index (κ3) is 2.55. The summed E-state index contributed by atoms with van der Waals surface area (Å²) in [6, 6.07) is 13.8. The predicted octanol–water partition coefficient (Wildman–Crippen LogP) is 2.34. The van der Waals surface area contributed by atoms with E-state index in [0.29, 0.717) is 5.88 Å². The lowest BCUT2D eigenvalue weighted by Gasteiger charge is -2.17. The number of nitrogens with one attached hydrogen (secondary N) is 1. The van der Waals surface area contributed by atoms with Crippen LogP contribution in [-0.4, -0.2) is 29.3 Å². The highest BCUT2D eigenvalue weighted by atomic mass is 16.5. The lowest BCUT2D eigenvalue weighted by Crippen LogP contribution is -2.19. The van der Waals surface area contributed by atoms with Crippen molar-refractivity contribution in [2.75, 3.05) is 14.2 Å². The van der Waals surface area contributed by atoms with Gasteiger partial charge in [-0.3, -0.25) is 4.98 Å². The summed E-state index contributed by atoms with van der Waals surface area (Å²) in [7, 11) is 3.49. The summed E-state index contributed by atoms with van der Waals surface area (Å²) in [5.74, 6) is 0.508. The second kappa shape index (κ2) is 5.85. The Morgan fingerprint density at radius 2 is 1.95 bits per heavy atom. The quantitative estimate of drug-likeness (QED) is 0.795. The molecule has 0 amide bonds. The van der Waals surface area contributed by atoms with Gasteiger partial charge in [0.15, 0.2) is 0 Å². The molecule has 5 nitrogen and oxygen atoms in total. The van der Waals surface area contributed by atoms with Crippen molar-refractivity contribution in [2.24, 2.45) is 0 Å². The summed E-state index contributed by atoms with van der Waals surface area (Å²) in [6.07, 6.45) is 1.80. The van der Waals surface area contributed by atoms with Crippen molar-refractivity contribution in [3.05, 3.63) is 59.9 Å². The third-order valence-corrected chi connectivity index (χ3v) is 3.44. The molecule has 0 fully saturated rings. The maximum Gasteiger partial charge on any atom is 0.233 e. The first-order chi connectivity index (χ1) is 10.3. The van der Waals surface area contributed by atoms with Crippen LogP contribution >= 0.6 is 0 Å². The molecule has 2 heterocycles. The van der Waals surface area contributed by atoms with Gasteiger partial charge in [-0.2, -0.15) is 0 Å². The molecule has 0 aliphatic rings. The number of hydrogen-bond donors (Lipinski definition) is 1. The summed E-state index contributed by atoms with van der Waals surface area (Å²) >= 11 is 0. The van der Waals surface area contributed by atoms with Crippen LogP contribution in [0.1, 0.15) is 17.3 Å². The van der Waals surface area contributed by atoms with Gasteiger partial charge in [0.25, 0.3) is 0 Å². The minimum atomic E-state index is -0.0451. The molecule has 0 saturated heterocycles. The average molecular weight is 280 g/mol. The first kappa shape index (κ1) is 13.5. The van der Waals surface area contributed by atoms with Gasteiger partial charge in [-0.25, -0.2) is 0 Å². The van der Waals surface area contributed by atoms with Crippen molar-refractivity contribution in [3.8, 4) is 5.88 Å². The number of pyridine rings is 1. The van der Waals surface area contributed by atoms with E-state index in [9.17, 15) is 0 Å². The van der Waals surface area contributed by atoms with Crippen LogP contribution < -0.4 is 10.1 Å². The SMILES string of the molecule is CNC(c1ccc(OC)nn1)c1cccc2ncccc12. The van der Waals surface area contributed by atoms with E-state index in [1.54, 1.807) is 13.3 Å². The number of nitrogens with zero attached hydrogens (tertiary/aromatic N) is 3. The van der Waals surface area contributed by atoms with Crippen LogP contribution in [-0.2, 0) is 0 Å². The zero-order chi connectivity index (χ0) is 14.7. The molecule has 1 atom stereocenters. The van der Waals surface area contributed by atoms with Gasteiger partial charge in [0.1, 0.15) is 0 Å². The lowest BCUT2D eigenvalue weighted by molar-refractivity contribution is 0.390. The van der Waals surface area contributed by atoms with Crippen LogP contribution in [0.25, 0.3) is 10.9 Å². The smallest absolute Gasteiger partial charge is 0.233 e. The summed E-state index contributed by atoms with van der Waals surface area (Å²) in [4.78, 5) is 4.40. The molecule has 0 bridgehead atoms. The van der Waals surface area contributed by atoms with Gasteiger partial charge >= 0.3 is 0 Å². The second-order valence-corrected chi connectivity index (χ2v) is 4.64. The molecular weight excluding hydrogens is 264 g/mol. The number of aromatic nitrogens is 3. The largest absolute Gasteiger partial charge is 0.480 e. The molecular formula is C16H16N4O. The van der Waals surface area contributed by atoms with Crippen LogP contribution in [0.15, 0.2) is 48.7 Å². The molecule has 3 aromatic rings. The summed E-state index contributed by atoms with van der Waals surface area (Å²) < 4.78 is 5.05. The Bertz CT molecular complexity index is 737. The van der Waals surface area contributed by atoms with Gasteiger partial charge in [0, 0.05) is 17.6 Å². The maximum atomic E-state index is 5.05. The molecule has 1 unspecified atom stereocenters. The van der Waals surface area contributed by atoms with Crippen molar-refractivity contribution in [1.82, 2.24) is 20.5 Å². The van der Waals surface area contributed by atoms with Crippen LogP contribution in [0.2, 0.25) is 0 Å². The third-order valence-electron chi connectivity index (χ3n) is 3.44. The number of rotatable bonds is 4. The zero-order valence-electron chi connectivity index (χ0n) is 11.9. The van der Waals surface area contributed by atoms with E-state index >= 15 is 0 Å². The van der Waals surface area contributed by atoms with Crippen molar-refractivity contribution in [3.63, 3.8) is 0 Å². The molecule has 2 aromatic heterocycles. The number of hydrogen-bond acceptors (Lipinski definition) is 5.